The Hall–Kier alpha value is -0.900. The third-order valence-corrected chi connectivity index (χ3v) is 3.28. The van der Waals surface area contributed by atoms with Crippen LogP contribution in [0.4, 0.5) is 0 Å². The van der Waals surface area contributed by atoms with Gasteiger partial charge in [0.1, 0.15) is 0 Å². The van der Waals surface area contributed by atoms with Crippen molar-refractivity contribution in [1.29, 1.82) is 0 Å². The average Bonchev–Trinajstić information content (AvgIpc) is 2.66. The summed E-state index contributed by atoms with van der Waals surface area (Å²) in [5.41, 5.74) is 5.45. The van der Waals surface area contributed by atoms with Crippen molar-refractivity contribution in [2.45, 2.75) is 32.4 Å². The van der Waals surface area contributed by atoms with E-state index in [9.17, 15) is 0 Å². The highest BCUT2D eigenvalue weighted by Gasteiger charge is 2.29. The number of hydrazine groups is 1. The summed E-state index contributed by atoms with van der Waals surface area (Å²) in [6.07, 6.45) is 1.42. The summed E-state index contributed by atoms with van der Waals surface area (Å²) in [6, 6.07) is 8.69. The lowest BCUT2D eigenvalue weighted by molar-refractivity contribution is 0.117. The van der Waals surface area contributed by atoms with Crippen LogP contribution in [0, 0.1) is 12.8 Å². The predicted molar refractivity (Wildman–Crippen MR) is 64.8 cm³/mol. The van der Waals surface area contributed by atoms with Gasteiger partial charge < -0.3 is 4.74 Å². The van der Waals surface area contributed by atoms with Crippen molar-refractivity contribution < 1.29 is 4.74 Å². The molecule has 1 aliphatic heterocycles. The van der Waals surface area contributed by atoms with Gasteiger partial charge in [-0.2, -0.15) is 0 Å². The molecule has 3 unspecified atom stereocenters. The maximum atomic E-state index is 5.67. The Morgan fingerprint density at radius 1 is 1.50 bits per heavy atom. The van der Waals surface area contributed by atoms with Crippen LogP contribution < -0.4 is 11.3 Å². The average molecular weight is 220 g/mol. The number of hydrogen-bond donors (Lipinski definition) is 2. The van der Waals surface area contributed by atoms with Crippen LogP contribution in [0.1, 0.15) is 30.5 Å². The molecule has 0 radical (unpaired) electrons. The van der Waals surface area contributed by atoms with Crippen molar-refractivity contribution >= 4 is 0 Å². The van der Waals surface area contributed by atoms with Crippen LogP contribution in [0.3, 0.4) is 0 Å². The van der Waals surface area contributed by atoms with Gasteiger partial charge in [0.2, 0.25) is 0 Å². The molecular formula is C13H20N2O. The van der Waals surface area contributed by atoms with Gasteiger partial charge in [0.25, 0.3) is 0 Å². The summed E-state index contributed by atoms with van der Waals surface area (Å²) in [4.78, 5) is 0. The fraction of sp³-hybridized carbons (Fsp3) is 0.538. The van der Waals surface area contributed by atoms with Crippen LogP contribution >= 0.6 is 0 Å². The normalized spacial score (nSPS) is 26.9. The molecule has 0 saturated carbocycles. The molecule has 1 saturated heterocycles. The molecule has 1 aromatic rings. The molecule has 1 heterocycles. The maximum Gasteiger partial charge on any atom is 0.0551 e. The third kappa shape index (κ3) is 2.43. The van der Waals surface area contributed by atoms with Crippen molar-refractivity contribution in [2.24, 2.45) is 11.8 Å². The Morgan fingerprint density at radius 2 is 2.31 bits per heavy atom. The van der Waals surface area contributed by atoms with Crippen molar-refractivity contribution in [3.63, 3.8) is 0 Å². The van der Waals surface area contributed by atoms with Crippen LogP contribution in [-0.2, 0) is 4.74 Å². The first kappa shape index (κ1) is 11.6. The van der Waals surface area contributed by atoms with Gasteiger partial charge in [0, 0.05) is 5.92 Å². The smallest absolute Gasteiger partial charge is 0.0551 e. The van der Waals surface area contributed by atoms with Crippen LogP contribution in [0.2, 0.25) is 0 Å². The molecule has 3 heteroatoms. The Morgan fingerprint density at radius 3 is 2.88 bits per heavy atom. The van der Waals surface area contributed by atoms with Gasteiger partial charge in [0.15, 0.2) is 0 Å². The van der Waals surface area contributed by atoms with E-state index in [1.807, 2.05) is 0 Å². The van der Waals surface area contributed by atoms with E-state index in [1.54, 1.807) is 0 Å². The molecule has 0 spiro atoms. The molecule has 2 rings (SSSR count). The number of nitrogens with two attached hydrogens (primary N) is 1. The first-order chi connectivity index (χ1) is 7.70. The monoisotopic (exact) mass is 220 g/mol. The lowest BCUT2D eigenvalue weighted by atomic mass is 9.91. The molecule has 3 N–H and O–H groups in total. The topological polar surface area (TPSA) is 47.3 Å². The lowest BCUT2D eigenvalue weighted by Gasteiger charge is -2.22. The number of ether oxygens (including phenoxy) is 1. The minimum atomic E-state index is 0.199. The highest BCUT2D eigenvalue weighted by atomic mass is 16.5. The van der Waals surface area contributed by atoms with Gasteiger partial charge in [-0.3, -0.25) is 11.3 Å². The number of rotatable bonds is 3. The van der Waals surface area contributed by atoms with Crippen LogP contribution in [0.25, 0.3) is 0 Å². The molecule has 16 heavy (non-hydrogen) atoms. The highest BCUT2D eigenvalue weighted by molar-refractivity contribution is 5.25. The van der Waals surface area contributed by atoms with Gasteiger partial charge in [-0.25, -0.2) is 0 Å². The van der Waals surface area contributed by atoms with E-state index in [2.05, 4.69) is 43.5 Å². The van der Waals surface area contributed by atoms with Gasteiger partial charge in [0.05, 0.1) is 18.8 Å². The van der Waals surface area contributed by atoms with Crippen molar-refractivity contribution in [1.82, 2.24) is 5.43 Å². The molecule has 0 aromatic heterocycles. The molecule has 3 nitrogen and oxygen atoms in total. The molecule has 0 amide bonds. The zero-order valence-electron chi connectivity index (χ0n) is 9.94. The van der Waals surface area contributed by atoms with Crippen molar-refractivity contribution in [3.05, 3.63) is 35.4 Å². The Balaban J connectivity index is 2.16. The Bertz CT molecular complexity index is 354. The first-order valence-electron chi connectivity index (χ1n) is 5.85. The number of benzene rings is 1. The Kier molecular flexibility index (Phi) is 3.59. The minimum absolute atomic E-state index is 0.199. The van der Waals surface area contributed by atoms with Crippen LogP contribution in [-0.4, -0.2) is 12.7 Å². The SMILES string of the molecule is Cc1cccc(C(NN)C2COC(C)C2)c1. The highest BCUT2D eigenvalue weighted by Crippen LogP contribution is 2.31. The zero-order valence-corrected chi connectivity index (χ0v) is 9.94. The van der Waals surface area contributed by atoms with Crippen LogP contribution in [0.15, 0.2) is 24.3 Å². The van der Waals surface area contributed by atoms with Crippen molar-refractivity contribution in [3.8, 4) is 0 Å². The van der Waals surface area contributed by atoms with Crippen LogP contribution in [0.5, 0.6) is 0 Å². The number of aryl methyl sites for hydroxylation is 1. The number of nitrogens with one attached hydrogen (secondary N) is 1. The summed E-state index contributed by atoms with van der Waals surface area (Å²) in [7, 11) is 0. The van der Waals surface area contributed by atoms with E-state index < -0.39 is 0 Å². The largest absolute Gasteiger partial charge is 0.378 e. The first-order valence-corrected chi connectivity index (χ1v) is 5.85. The third-order valence-electron chi connectivity index (χ3n) is 3.28. The maximum absolute atomic E-state index is 5.67. The zero-order chi connectivity index (χ0) is 11.5. The molecule has 3 atom stereocenters. The molecule has 1 aromatic carbocycles. The van der Waals surface area contributed by atoms with E-state index in [0.717, 1.165) is 13.0 Å². The summed E-state index contributed by atoms with van der Waals surface area (Å²) < 4.78 is 5.60. The van der Waals surface area contributed by atoms with Gasteiger partial charge in [-0.15, -0.1) is 0 Å². The van der Waals surface area contributed by atoms with E-state index in [0.29, 0.717) is 12.0 Å². The van der Waals surface area contributed by atoms with Gasteiger partial charge in [-0.05, 0) is 25.8 Å². The van der Waals surface area contributed by atoms with E-state index >= 15 is 0 Å². The molecule has 0 bridgehead atoms. The summed E-state index contributed by atoms with van der Waals surface area (Å²) in [5, 5.41) is 0. The minimum Gasteiger partial charge on any atom is -0.378 e. The van der Waals surface area contributed by atoms with Gasteiger partial charge >= 0.3 is 0 Å². The number of hydrogen-bond acceptors (Lipinski definition) is 3. The molecule has 88 valence electrons. The van der Waals surface area contributed by atoms with Crippen molar-refractivity contribution in [2.75, 3.05) is 6.61 Å². The van der Waals surface area contributed by atoms with Gasteiger partial charge in [-0.1, -0.05) is 29.8 Å². The lowest BCUT2D eigenvalue weighted by Crippen LogP contribution is -2.34. The van der Waals surface area contributed by atoms with E-state index in [4.69, 9.17) is 10.6 Å². The molecule has 1 fully saturated rings. The molecule has 0 aliphatic carbocycles. The van der Waals surface area contributed by atoms with E-state index in [-0.39, 0.29) is 6.04 Å². The Labute approximate surface area is 97.0 Å². The fourth-order valence-corrected chi connectivity index (χ4v) is 2.45. The molecule has 1 aliphatic rings. The standard InChI is InChI=1S/C13H20N2O/c1-9-4-3-5-11(6-9)13(15-14)12-7-10(2)16-8-12/h3-6,10,12-13,15H,7-8,14H2,1-2H3. The quantitative estimate of drug-likeness (QED) is 0.604. The molecular weight excluding hydrogens is 200 g/mol. The summed E-state index contributed by atoms with van der Waals surface area (Å²) >= 11 is 0. The van der Waals surface area contributed by atoms with E-state index in [1.165, 1.54) is 11.1 Å². The summed E-state index contributed by atoms with van der Waals surface area (Å²) in [5.74, 6) is 6.15. The fourth-order valence-electron chi connectivity index (χ4n) is 2.45. The second-order valence-electron chi connectivity index (χ2n) is 4.70. The summed E-state index contributed by atoms with van der Waals surface area (Å²) in [6.45, 7) is 5.01. The second-order valence-corrected chi connectivity index (χ2v) is 4.70. The second kappa shape index (κ2) is 4.95. The predicted octanol–water partition coefficient (Wildman–Crippen LogP) is 1.92.